The number of nitrogens with one attached hydrogen (secondary N) is 1. The molecule has 30 heavy (non-hydrogen) atoms. The van der Waals surface area contributed by atoms with E-state index in [9.17, 15) is 26.7 Å². The van der Waals surface area contributed by atoms with E-state index in [1.807, 2.05) is 6.92 Å². The van der Waals surface area contributed by atoms with Crippen LogP contribution in [0.25, 0.3) is 0 Å². The molecule has 4 N–H and O–H groups in total. The fourth-order valence-electron chi connectivity index (χ4n) is 2.13. The molecule has 6 nitrogen and oxygen atoms in total. The Hall–Kier alpha value is -2.60. The number of carboxylic acid groups (broad SMARTS) is 1. The molecule has 2 rings (SSSR count). The first-order chi connectivity index (χ1) is 13.7. The Bertz CT molecular complexity index is 879. The predicted molar refractivity (Wildman–Crippen MR) is 100 cm³/mol. The molecule has 0 fully saturated rings. The van der Waals surface area contributed by atoms with Crippen LogP contribution >= 0.6 is 11.3 Å². The van der Waals surface area contributed by atoms with E-state index in [1.165, 1.54) is 23.5 Å². The number of alkyl halides is 3. The standard InChI is InChI=1S/C16H19F2N3OS.C2HF3O2/c1-8(11-4-12(17)6-13(18)5-11)7-20-15(22)14-10(3)23-16(21-14)9(2)19;3-2(4,5)1(6)7/h4-6,8-9H,7,19H2,1-3H3,(H,20,22);(H,6,7). The molecule has 0 aliphatic heterocycles. The summed E-state index contributed by atoms with van der Waals surface area (Å²) in [6, 6.07) is 3.13. The van der Waals surface area contributed by atoms with E-state index in [2.05, 4.69) is 10.3 Å². The molecule has 0 aliphatic rings. The average molecular weight is 453 g/mol. The average Bonchev–Trinajstić information content (AvgIpc) is 3.00. The number of carbonyl (C=O) groups is 2. The maximum absolute atomic E-state index is 13.2. The number of rotatable bonds is 5. The number of hydrogen-bond donors (Lipinski definition) is 3. The molecular formula is C18H20F5N3O3S. The Morgan fingerprint density at radius 1 is 1.20 bits per heavy atom. The quantitative estimate of drug-likeness (QED) is 0.596. The molecular weight excluding hydrogens is 433 g/mol. The third kappa shape index (κ3) is 7.67. The van der Waals surface area contributed by atoms with Gasteiger partial charge in [-0.25, -0.2) is 18.6 Å². The molecule has 166 valence electrons. The van der Waals surface area contributed by atoms with Crippen molar-refractivity contribution in [3.8, 4) is 0 Å². The molecule has 1 aromatic heterocycles. The molecule has 0 spiro atoms. The van der Waals surface area contributed by atoms with E-state index in [0.717, 1.165) is 10.9 Å². The molecule has 1 aromatic carbocycles. The summed E-state index contributed by atoms with van der Waals surface area (Å²) in [6.07, 6.45) is -5.08. The van der Waals surface area contributed by atoms with E-state index >= 15 is 0 Å². The van der Waals surface area contributed by atoms with Gasteiger partial charge in [0.15, 0.2) is 0 Å². The van der Waals surface area contributed by atoms with Gasteiger partial charge in [0.1, 0.15) is 22.3 Å². The van der Waals surface area contributed by atoms with Crippen LogP contribution in [0.5, 0.6) is 0 Å². The van der Waals surface area contributed by atoms with Crippen molar-refractivity contribution in [1.29, 1.82) is 0 Å². The van der Waals surface area contributed by atoms with Crippen LogP contribution in [-0.2, 0) is 4.79 Å². The van der Waals surface area contributed by atoms with Crippen LogP contribution in [0.15, 0.2) is 18.2 Å². The van der Waals surface area contributed by atoms with Crippen LogP contribution in [0.1, 0.15) is 51.7 Å². The van der Waals surface area contributed by atoms with Crippen LogP contribution in [0, 0.1) is 18.6 Å². The Morgan fingerprint density at radius 3 is 2.10 bits per heavy atom. The van der Waals surface area contributed by atoms with Gasteiger partial charge in [0.25, 0.3) is 5.91 Å². The van der Waals surface area contributed by atoms with Gasteiger partial charge in [0.05, 0.1) is 6.04 Å². The topological polar surface area (TPSA) is 105 Å². The van der Waals surface area contributed by atoms with Gasteiger partial charge < -0.3 is 16.2 Å². The normalized spacial score (nSPS) is 13.1. The molecule has 2 atom stereocenters. The zero-order valence-corrected chi connectivity index (χ0v) is 17.0. The first kappa shape index (κ1) is 25.4. The van der Waals surface area contributed by atoms with E-state index in [-0.39, 0.29) is 24.4 Å². The SMILES string of the molecule is Cc1sc(C(C)N)nc1C(=O)NCC(C)c1cc(F)cc(F)c1.O=C(O)C(F)(F)F. The Kier molecular flexibility index (Phi) is 8.85. The van der Waals surface area contributed by atoms with Crippen LogP contribution in [0.2, 0.25) is 0 Å². The fraction of sp³-hybridized carbons (Fsp3) is 0.389. The van der Waals surface area contributed by atoms with Crippen molar-refractivity contribution in [3.05, 3.63) is 51.0 Å². The monoisotopic (exact) mass is 453 g/mol. The largest absolute Gasteiger partial charge is 0.490 e. The second-order valence-electron chi connectivity index (χ2n) is 6.36. The van der Waals surface area contributed by atoms with Gasteiger partial charge in [0.2, 0.25) is 0 Å². The third-order valence-electron chi connectivity index (χ3n) is 3.68. The highest BCUT2D eigenvalue weighted by Gasteiger charge is 2.38. The smallest absolute Gasteiger partial charge is 0.475 e. The summed E-state index contributed by atoms with van der Waals surface area (Å²) in [4.78, 5) is 26.2. The van der Waals surface area contributed by atoms with Crippen molar-refractivity contribution in [2.24, 2.45) is 5.73 Å². The molecule has 0 aliphatic carbocycles. The molecule has 12 heteroatoms. The number of nitrogens with two attached hydrogens (primary N) is 1. The number of hydrogen-bond acceptors (Lipinski definition) is 5. The van der Waals surface area contributed by atoms with Crippen molar-refractivity contribution in [2.75, 3.05) is 6.54 Å². The summed E-state index contributed by atoms with van der Waals surface area (Å²) in [7, 11) is 0. The molecule has 0 radical (unpaired) electrons. The Morgan fingerprint density at radius 2 is 1.70 bits per heavy atom. The van der Waals surface area contributed by atoms with Gasteiger partial charge in [-0.3, -0.25) is 4.79 Å². The zero-order valence-electron chi connectivity index (χ0n) is 16.2. The minimum Gasteiger partial charge on any atom is -0.475 e. The van der Waals surface area contributed by atoms with Crippen molar-refractivity contribution >= 4 is 23.2 Å². The maximum atomic E-state index is 13.2. The van der Waals surface area contributed by atoms with Gasteiger partial charge in [-0.1, -0.05) is 6.92 Å². The molecule has 0 saturated carbocycles. The lowest BCUT2D eigenvalue weighted by Crippen LogP contribution is -2.28. The highest BCUT2D eigenvalue weighted by atomic mass is 32.1. The third-order valence-corrected chi connectivity index (χ3v) is 4.85. The Balaban J connectivity index is 0.000000553. The highest BCUT2D eigenvalue weighted by molar-refractivity contribution is 7.11. The number of amides is 1. The number of halogens is 5. The zero-order chi connectivity index (χ0) is 23.2. The second-order valence-corrected chi connectivity index (χ2v) is 7.60. The highest BCUT2D eigenvalue weighted by Crippen LogP contribution is 2.22. The molecule has 2 aromatic rings. The predicted octanol–water partition coefficient (Wildman–Crippen LogP) is 3.92. The van der Waals surface area contributed by atoms with Crippen LogP contribution < -0.4 is 11.1 Å². The van der Waals surface area contributed by atoms with Crippen molar-refractivity contribution < 1.29 is 36.6 Å². The summed E-state index contributed by atoms with van der Waals surface area (Å²) in [6.45, 7) is 5.66. The number of aromatic nitrogens is 1. The first-order valence-electron chi connectivity index (χ1n) is 8.49. The second kappa shape index (κ2) is 10.4. The van der Waals surface area contributed by atoms with Crippen molar-refractivity contribution in [2.45, 2.75) is 38.9 Å². The number of nitrogens with zero attached hydrogens (tertiary/aromatic N) is 1. The summed E-state index contributed by atoms with van der Waals surface area (Å²) < 4.78 is 58.2. The maximum Gasteiger partial charge on any atom is 0.490 e. The van der Waals surface area contributed by atoms with Crippen molar-refractivity contribution in [1.82, 2.24) is 10.3 Å². The molecule has 0 bridgehead atoms. The fourth-order valence-corrected chi connectivity index (χ4v) is 3.00. The van der Waals surface area contributed by atoms with Gasteiger partial charge in [0, 0.05) is 17.5 Å². The van der Waals surface area contributed by atoms with E-state index in [0.29, 0.717) is 16.3 Å². The van der Waals surface area contributed by atoms with Crippen molar-refractivity contribution in [3.63, 3.8) is 0 Å². The van der Waals surface area contributed by atoms with Gasteiger partial charge in [-0.15, -0.1) is 11.3 Å². The number of thiazole rings is 1. The number of benzene rings is 1. The summed E-state index contributed by atoms with van der Waals surface area (Å²) in [5.74, 6) is -4.55. The van der Waals surface area contributed by atoms with Crippen LogP contribution in [-0.4, -0.2) is 34.7 Å². The molecule has 1 heterocycles. The van der Waals surface area contributed by atoms with Gasteiger partial charge >= 0.3 is 12.1 Å². The molecule has 2 unspecified atom stereocenters. The van der Waals surface area contributed by atoms with E-state index < -0.39 is 23.8 Å². The van der Waals surface area contributed by atoms with Crippen LogP contribution in [0.3, 0.4) is 0 Å². The summed E-state index contributed by atoms with van der Waals surface area (Å²) in [5.41, 5.74) is 6.61. The summed E-state index contributed by atoms with van der Waals surface area (Å²) in [5, 5.41) is 10.6. The molecule has 0 saturated heterocycles. The minimum atomic E-state index is -5.08. The molecule has 1 amide bonds. The lowest BCUT2D eigenvalue weighted by atomic mass is 10.0. The van der Waals surface area contributed by atoms with E-state index in [4.69, 9.17) is 15.6 Å². The van der Waals surface area contributed by atoms with E-state index in [1.54, 1.807) is 13.8 Å². The van der Waals surface area contributed by atoms with Gasteiger partial charge in [-0.2, -0.15) is 13.2 Å². The summed E-state index contributed by atoms with van der Waals surface area (Å²) >= 11 is 1.39. The first-order valence-corrected chi connectivity index (χ1v) is 9.31. The Labute approximate surface area is 172 Å². The minimum absolute atomic E-state index is 0.226. The van der Waals surface area contributed by atoms with Crippen LogP contribution in [0.4, 0.5) is 22.0 Å². The number of aliphatic carboxylic acids is 1. The lowest BCUT2D eigenvalue weighted by molar-refractivity contribution is -0.192. The number of carbonyl (C=O) groups excluding carboxylic acids is 1. The van der Waals surface area contributed by atoms with Gasteiger partial charge in [-0.05, 0) is 37.5 Å². The number of aryl methyl sites for hydroxylation is 1. The lowest BCUT2D eigenvalue weighted by Gasteiger charge is -2.13. The number of carboxylic acids is 1.